The third kappa shape index (κ3) is 6.76. The van der Waals surface area contributed by atoms with Gasteiger partial charge in [0.1, 0.15) is 5.82 Å². The lowest BCUT2D eigenvalue weighted by molar-refractivity contribution is -0.159. The Morgan fingerprint density at radius 3 is 1.94 bits per heavy atom. The highest BCUT2D eigenvalue weighted by Gasteiger charge is 2.29. The summed E-state index contributed by atoms with van der Waals surface area (Å²) in [6.07, 6.45) is 1.98. The Bertz CT molecular complexity index is 944. The lowest BCUT2D eigenvalue weighted by Gasteiger charge is -2.43. The van der Waals surface area contributed by atoms with Gasteiger partial charge in [0.25, 0.3) is 5.91 Å². The number of benzene rings is 2. The van der Waals surface area contributed by atoms with Crippen LogP contribution in [0.25, 0.3) is 0 Å². The van der Waals surface area contributed by atoms with Gasteiger partial charge in [-0.15, -0.1) is 0 Å². The maximum atomic E-state index is 13.4. The van der Waals surface area contributed by atoms with Gasteiger partial charge in [0.05, 0.1) is 0 Å². The summed E-state index contributed by atoms with van der Waals surface area (Å²) in [5.74, 6) is -4.06. The van der Waals surface area contributed by atoms with Crippen LogP contribution < -0.4 is 4.90 Å². The number of rotatable bonds is 3. The van der Waals surface area contributed by atoms with Crippen molar-refractivity contribution in [2.75, 3.05) is 44.2 Å². The minimum atomic E-state index is -1.82. The van der Waals surface area contributed by atoms with Gasteiger partial charge in [0.2, 0.25) is 0 Å². The van der Waals surface area contributed by atoms with Gasteiger partial charge in [-0.3, -0.25) is 9.69 Å². The summed E-state index contributed by atoms with van der Waals surface area (Å²) in [6, 6.07) is 17.1. The van der Waals surface area contributed by atoms with E-state index in [1.807, 2.05) is 4.90 Å². The van der Waals surface area contributed by atoms with Crippen LogP contribution in [0.5, 0.6) is 0 Å². The molecule has 0 spiro atoms. The summed E-state index contributed by atoms with van der Waals surface area (Å²) in [7, 11) is 0. The Kier molecular flexibility index (Phi) is 8.37. The third-order valence-corrected chi connectivity index (χ3v) is 5.96. The Morgan fingerprint density at radius 1 is 0.788 bits per heavy atom. The maximum absolute atomic E-state index is 13.4. The Hall–Kier alpha value is -3.46. The smallest absolute Gasteiger partial charge is 0.414 e. The largest absolute Gasteiger partial charge is 0.473 e. The van der Waals surface area contributed by atoms with Crippen LogP contribution in [0.3, 0.4) is 0 Å². The van der Waals surface area contributed by atoms with Gasteiger partial charge >= 0.3 is 11.9 Å². The van der Waals surface area contributed by atoms with E-state index in [2.05, 4.69) is 40.1 Å². The van der Waals surface area contributed by atoms with Gasteiger partial charge in [0.15, 0.2) is 0 Å². The molecular weight excluding hydrogens is 429 g/mol. The van der Waals surface area contributed by atoms with Crippen molar-refractivity contribution >= 4 is 23.5 Å². The average molecular weight is 458 g/mol. The number of likely N-dealkylation sites (tertiary alicyclic amines) is 1. The van der Waals surface area contributed by atoms with Crippen LogP contribution in [0.15, 0.2) is 54.6 Å². The first-order valence-electron chi connectivity index (χ1n) is 10.9. The van der Waals surface area contributed by atoms with E-state index in [1.54, 1.807) is 12.1 Å². The summed E-state index contributed by atoms with van der Waals surface area (Å²) < 4.78 is 13.4. The zero-order valence-corrected chi connectivity index (χ0v) is 18.3. The molecule has 2 aromatic carbocycles. The van der Waals surface area contributed by atoms with Crippen molar-refractivity contribution in [1.29, 1.82) is 0 Å². The third-order valence-electron chi connectivity index (χ3n) is 5.96. The van der Waals surface area contributed by atoms with Gasteiger partial charge in [0, 0.05) is 56.6 Å². The number of hydrogen-bond donors (Lipinski definition) is 2. The molecule has 0 unspecified atom stereocenters. The number of piperazine rings is 1. The monoisotopic (exact) mass is 457 g/mol. The molecule has 0 aliphatic carbocycles. The molecule has 0 atom stereocenters. The number of carboxylic acids is 2. The predicted octanol–water partition coefficient (Wildman–Crippen LogP) is 2.41. The standard InChI is InChI=1S/C22H26FN3O.C2H2O4/c23-19-6-4-5-18(17-19)22(27)26-11-9-21(10-12-26)25-15-13-24(14-16-25)20-7-2-1-3-8-20;3-1(4)2(5)6/h1-8,17,21H,9-16H2;(H,3,4)(H,5,6). The molecule has 1 amide bonds. The topological polar surface area (TPSA) is 101 Å². The van der Waals surface area contributed by atoms with Crippen molar-refractivity contribution in [3.05, 3.63) is 66.0 Å². The molecule has 0 saturated carbocycles. The normalized spacial score (nSPS) is 17.1. The second kappa shape index (κ2) is 11.4. The molecule has 9 heteroatoms. The highest BCUT2D eigenvalue weighted by molar-refractivity contribution is 6.27. The summed E-state index contributed by atoms with van der Waals surface area (Å²) >= 11 is 0. The van der Waals surface area contributed by atoms with E-state index in [0.717, 1.165) is 52.1 Å². The minimum Gasteiger partial charge on any atom is -0.473 e. The van der Waals surface area contributed by atoms with Crippen LogP contribution in [0.2, 0.25) is 0 Å². The number of hydrogen-bond acceptors (Lipinski definition) is 5. The summed E-state index contributed by atoms with van der Waals surface area (Å²) in [5.41, 5.74) is 1.75. The van der Waals surface area contributed by atoms with Gasteiger partial charge < -0.3 is 20.0 Å². The lowest BCUT2D eigenvalue weighted by Crippen LogP contribution is -2.53. The van der Waals surface area contributed by atoms with Gasteiger partial charge in [-0.2, -0.15) is 0 Å². The highest BCUT2D eigenvalue weighted by atomic mass is 19.1. The van der Waals surface area contributed by atoms with E-state index in [0.29, 0.717) is 11.6 Å². The molecule has 2 aliphatic heterocycles. The Balaban J connectivity index is 0.000000454. The molecule has 2 N–H and O–H groups in total. The molecule has 0 aromatic heterocycles. The SMILES string of the molecule is O=C(O)C(=O)O.O=C(c1cccc(F)c1)N1CCC(N2CCN(c3ccccc3)CC2)CC1. The summed E-state index contributed by atoms with van der Waals surface area (Å²) in [5, 5.41) is 14.8. The van der Waals surface area contributed by atoms with Crippen molar-refractivity contribution in [2.45, 2.75) is 18.9 Å². The molecule has 2 fully saturated rings. The molecule has 2 heterocycles. The Labute approximate surface area is 191 Å². The zero-order valence-electron chi connectivity index (χ0n) is 18.3. The molecule has 176 valence electrons. The number of piperidine rings is 1. The fraction of sp³-hybridized carbons (Fsp3) is 0.375. The first kappa shape index (κ1) is 24.2. The molecule has 4 rings (SSSR count). The molecule has 8 nitrogen and oxygen atoms in total. The maximum Gasteiger partial charge on any atom is 0.414 e. The molecule has 2 aromatic rings. The number of carbonyl (C=O) groups excluding carboxylic acids is 1. The van der Waals surface area contributed by atoms with E-state index in [4.69, 9.17) is 19.8 Å². The summed E-state index contributed by atoms with van der Waals surface area (Å²) in [6.45, 7) is 5.73. The molecule has 2 aliphatic rings. The number of halogens is 1. The number of anilines is 1. The van der Waals surface area contributed by atoms with Crippen molar-refractivity contribution < 1.29 is 29.0 Å². The van der Waals surface area contributed by atoms with E-state index >= 15 is 0 Å². The first-order chi connectivity index (χ1) is 15.8. The molecule has 0 bridgehead atoms. The van der Waals surface area contributed by atoms with Gasteiger partial charge in [-0.1, -0.05) is 24.3 Å². The van der Waals surface area contributed by atoms with E-state index < -0.39 is 11.9 Å². The minimum absolute atomic E-state index is 0.0538. The van der Waals surface area contributed by atoms with E-state index in [9.17, 15) is 9.18 Å². The molecule has 33 heavy (non-hydrogen) atoms. The number of para-hydroxylation sites is 1. The predicted molar refractivity (Wildman–Crippen MR) is 121 cm³/mol. The van der Waals surface area contributed by atoms with Crippen LogP contribution in [0.1, 0.15) is 23.2 Å². The number of nitrogens with zero attached hydrogens (tertiary/aromatic N) is 3. The van der Waals surface area contributed by atoms with E-state index in [-0.39, 0.29) is 11.7 Å². The van der Waals surface area contributed by atoms with Crippen molar-refractivity contribution in [3.63, 3.8) is 0 Å². The van der Waals surface area contributed by atoms with Crippen LogP contribution in [-0.4, -0.2) is 83.2 Å². The number of carboxylic acid groups (broad SMARTS) is 2. The highest BCUT2D eigenvalue weighted by Crippen LogP contribution is 2.22. The van der Waals surface area contributed by atoms with Crippen molar-refractivity contribution in [2.24, 2.45) is 0 Å². The van der Waals surface area contributed by atoms with Crippen LogP contribution in [0.4, 0.5) is 10.1 Å². The number of aliphatic carboxylic acids is 2. The average Bonchev–Trinajstić information content (AvgIpc) is 2.85. The Morgan fingerprint density at radius 2 is 1.39 bits per heavy atom. The second-order valence-corrected chi connectivity index (χ2v) is 8.00. The quantitative estimate of drug-likeness (QED) is 0.683. The van der Waals surface area contributed by atoms with Crippen LogP contribution in [0, 0.1) is 5.82 Å². The summed E-state index contributed by atoms with van der Waals surface area (Å²) in [4.78, 5) is 37.7. The van der Waals surface area contributed by atoms with E-state index in [1.165, 1.54) is 17.8 Å². The first-order valence-corrected chi connectivity index (χ1v) is 10.9. The lowest BCUT2D eigenvalue weighted by atomic mass is 10.0. The van der Waals surface area contributed by atoms with Crippen molar-refractivity contribution in [1.82, 2.24) is 9.80 Å². The zero-order chi connectivity index (χ0) is 23.8. The van der Waals surface area contributed by atoms with Gasteiger partial charge in [-0.05, 0) is 43.2 Å². The second-order valence-electron chi connectivity index (χ2n) is 8.00. The van der Waals surface area contributed by atoms with Gasteiger partial charge in [-0.25, -0.2) is 14.0 Å². The number of carbonyl (C=O) groups is 3. The molecular formula is C24H28FN3O5. The molecule has 2 saturated heterocycles. The fourth-order valence-corrected chi connectivity index (χ4v) is 4.22. The molecule has 0 radical (unpaired) electrons. The van der Waals surface area contributed by atoms with Crippen LogP contribution >= 0.6 is 0 Å². The fourth-order valence-electron chi connectivity index (χ4n) is 4.22. The van der Waals surface area contributed by atoms with Crippen LogP contribution in [-0.2, 0) is 9.59 Å². The van der Waals surface area contributed by atoms with Crippen molar-refractivity contribution in [3.8, 4) is 0 Å². The number of amides is 1.